The van der Waals surface area contributed by atoms with Gasteiger partial charge in [0, 0.05) is 12.1 Å². The number of amides is 1. The molecular formula is C10H10F3NO2. The number of hydrogen-bond acceptors (Lipinski definition) is 1. The monoisotopic (exact) mass is 233 g/mol. The summed E-state index contributed by atoms with van der Waals surface area (Å²) in [7, 11) is 0. The van der Waals surface area contributed by atoms with E-state index >= 15 is 0 Å². The summed E-state index contributed by atoms with van der Waals surface area (Å²) in [5.74, 6) is 0. The van der Waals surface area contributed by atoms with Crippen molar-refractivity contribution in [3.8, 4) is 0 Å². The highest BCUT2D eigenvalue weighted by Gasteiger charge is 2.26. The van der Waals surface area contributed by atoms with Crippen molar-refractivity contribution in [2.75, 3.05) is 5.32 Å². The summed E-state index contributed by atoms with van der Waals surface area (Å²) in [5.41, 5.74) is 0.529. The van der Waals surface area contributed by atoms with Gasteiger partial charge in [0.2, 0.25) is 0 Å². The van der Waals surface area contributed by atoms with Crippen molar-refractivity contribution < 1.29 is 23.1 Å². The third kappa shape index (κ3) is 4.20. The molecule has 1 aromatic rings. The number of carboxylic acid groups (broad SMARTS) is 1. The summed E-state index contributed by atoms with van der Waals surface area (Å²) in [4.78, 5) is 10.4. The predicted octanol–water partition coefficient (Wildman–Crippen LogP) is 3.27. The van der Waals surface area contributed by atoms with E-state index in [1.807, 2.05) is 0 Å². The van der Waals surface area contributed by atoms with Crippen LogP contribution in [0.25, 0.3) is 0 Å². The summed E-state index contributed by atoms with van der Waals surface area (Å²) in [6.45, 7) is 0. The number of anilines is 1. The van der Waals surface area contributed by atoms with Crippen LogP contribution in [0.5, 0.6) is 0 Å². The molecule has 2 N–H and O–H groups in total. The quantitative estimate of drug-likeness (QED) is 0.841. The summed E-state index contributed by atoms with van der Waals surface area (Å²) >= 11 is 0. The minimum absolute atomic E-state index is 0.194. The molecule has 0 fully saturated rings. The molecule has 1 aromatic carbocycles. The molecule has 0 spiro atoms. The average molecular weight is 233 g/mol. The lowest BCUT2D eigenvalue weighted by Gasteiger charge is -2.10. The molecule has 0 saturated heterocycles. The Hall–Kier alpha value is -1.72. The van der Waals surface area contributed by atoms with Crippen LogP contribution in [0.1, 0.15) is 12.0 Å². The van der Waals surface area contributed by atoms with Crippen molar-refractivity contribution in [3.05, 3.63) is 29.8 Å². The average Bonchev–Trinajstić information content (AvgIpc) is 2.14. The van der Waals surface area contributed by atoms with Gasteiger partial charge in [-0.25, -0.2) is 4.79 Å². The van der Waals surface area contributed by atoms with Gasteiger partial charge in [0.15, 0.2) is 0 Å². The SMILES string of the molecule is O=C(O)Nc1ccccc1CCC(F)(F)F. The Morgan fingerprint density at radius 1 is 1.31 bits per heavy atom. The molecule has 0 aliphatic heterocycles. The lowest BCUT2D eigenvalue weighted by molar-refractivity contribution is -0.133. The summed E-state index contributed by atoms with van der Waals surface area (Å²) in [6, 6.07) is 6.03. The first kappa shape index (κ1) is 12.4. The molecular weight excluding hydrogens is 223 g/mol. The maximum absolute atomic E-state index is 12.0. The lowest BCUT2D eigenvalue weighted by atomic mass is 10.1. The molecule has 0 atom stereocenters. The van der Waals surface area contributed by atoms with Crippen molar-refractivity contribution in [1.29, 1.82) is 0 Å². The maximum Gasteiger partial charge on any atom is 0.409 e. The zero-order valence-corrected chi connectivity index (χ0v) is 8.21. The van der Waals surface area contributed by atoms with Gasteiger partial charge in [-0.3, -0.25) is 5.32 Å². The smallest absolute Gasteiger partial charge is 0.409 e. The van der Waals surface area contributed by atoms with E-state index < -0.39 is 18.7 Å². The topological polar surface area (TPSA) is 49.3 Å². The third-order valence-corrected chi connectivity index (χ3v) is 1.94. The maximum atomic E-state index is 12.0. The highest BCUT2D eigenvalue weighted by molar-refractivity contribution is 5.83. The van der Waals surface area contributed by atoms with Crippen LogP contribution in [0.3, 0.4) is 0 Å². The molecule has 0 aliphatic carbocycles. The van der Waals surface area contributed by atoms with E-state index in [0.717, 1.165) is 0 Å². The van der Waals surface area contributed by atoms with Gasteiger partial charge >= 0.3 is 12.3 Å². The van der Waals surface area contributed by atoms with Crippen LogP contribution in [0.4, 0.5) is 23.7 Å². The second kappa shape index (κ2) is 4.87. The van der Waals surface area contributed by atoms with Crippen molar-refractivity contribution >= 4 is 11.8 Å². The molecule has 1 rings (SSSR count). The first-order chi connectivity index (χ1) is 7.38. The van der Waals surface area contributed by atoms with Crippen molar-refractivity contribution in [1.82, 2.24) is 0 Å². The Bertz CT molecular complexity index is 377. The second-order valence-corrected chi connectivity index (χ2v) is 3.20. The molecule has 0 aromatic heterocycles. The van der Waals surface area contributed by atoms with Gasteiger partial charge in [-0.2, -0.15) is 13.2 Å². The highest BCUT2D eigenvalue weighted by Crippen LogP contribution is 2.25. The number of alkyl halides is 3. The summed E-state index contributed by atoms with van der Waals surface area (Å²) in [5, 5.41) is 10.5. The Kier molecular flexibility index (Phi) is 3.76. The number of halogens is 3. The molecule has 0 radical (unpaired) electrons. The fourth-order valence-corrected chi connectivity index (χ4v) is 1.25. The largest absolute Gasteiger partial charge is 0.465 e. The van der Waals surface area contributed by atoms with Gasteiger partial charge in [-0.15, -0.1) is 0 Å². The van der Waals surface area contributed by atoms with E-state index in [1.54, 1.807) is 12.1 Å². The lowest BCUT2D eigenvalue weighted by Crippen LogP contribution is -2.12. The molecule has 3 nitrogen and oxygen atoms in total. The summed E-state index contributed by atoms with van der Waals surface area (Å²) < 4.78 is 36.0. The van der Waals surface area contributed by atoms with Gasteiger partial charge in [-0.05, 0) is 18.1 Å². The van der Waals surface area contributed by atoms with Crippen LogP contribution < -0.4 is 5.32 Å². The molecule has 1 amide bonds. The van der Waals surface area contributed by atoms with Crippen molar-refractivity contribution in [2.24, 2.45) is 0 Å². The van der Waals surface area contributed by atoms with Crippen LogP contribution in [-0.4, -0.2) is 17.4 Å². The Morgan fingerprint density at radius 2 is 1.94 bits per heavy atom. The van der Waals surface area contributed by atoms with Gasteiger partial charge in [0.1, 0.15) is 0 Å². The number of carbonyl (C=O) groups is 1. The highest BCUT2D eigenvalue weighted by atomic mass is 19.4. The van der Waals surface area contributed by atoms with E-state index in [4.69, 9.17) is 5.11 Å². The number of hydrogen-bond donors (Lipinski definition) is 2. The first-order valence-corrected chi connectivity index (χ1v) is 4.53. The van der Waals surface area contributed by atoms with E-state index in [2.05, 4.69) is 5.32 Å². The summed E-state index contributed by atoms with van der Waals surface area (Å²) in [6.07, 6.45) is -6.74. The first-order valence-electron chi connectivity index (χ1n) is 4.53. The van der Waals surface area contributed by atoms with E-state index in [1.165, 1.54) is 12.1 Å². The standard InChI is InChI=1S/C10H10F3NO2/c11-10(12,13)6-5-7-3-1-2-4-8(7)14-9(15)16/h1-4,14H,5-6H2,(H,15,16). The molecule has 0 saturated carbocycles. The molecule has 16 heavy (non-hydrogen) atoms. The van der Waals surface area contributed by atoms with Crippen LogP contribution in [-0.2, 0) is 6.42 Å². The van der Waals surface area contributed by atoms with Crippen LogP contribution >= 0.6 is 0 Å². The molecule has 6 heteroatoms. The van der Waals surface area contributed by atoms with E-state index in [0.29, 0.717) is 5.56 Å². The third-order valence-electron chi connectivity index (χ3n) is 1.94. The number of rotatable bonds is 3. The Balaban J connectivity index is 2.75. The fraction of sp³-hybridized carbons (Fsp3) is 0.300. The number of nitrogens with one attached hydrogen (secondary N) is 1. The van der Waals surface area contributed by atoms with E-state index in [9.17, 15) is 18.0 Å². The number of aryl methyl sites for hydroxylation is 1. The Morgan fingerprint density at radius 3 is 2.50 bits per heavy atom. The zero-order chi connectivity index (χ0) is 12.2. The van der Waals surface area contributed by atoms with Gasteiger partial charge in [0.05, 0.1) is 0 Å². The van der Waals surface area contributed by atoms with Crippen LogP contribution in [0.2, 0.25) is 0 Å². The number of benzene rings is 1. The van der Waals surface area contributed by atoms with Gasteiger partial charge in [0.25, 0.3) is 0 Å². The van der Waals surface area contributed by atoms with Crippen LogP contribution in [0.15, 0.2) is 24.3 Å². The second-order valence-electron chi connectivity index (χ2n) is 3.20. The minimum atomic E-state index is -4.24. The van der Waals surface area contributed by atoms with Crippen molar-refractivity contribution in [2.45, 2.75) is 19.0 Å². The van der Waals surface area contributed by atoms with E-state index in [-0.39, 0.29) is 12.1 Å². The Labute approximate surface area is 89.9 Å². The molecule has 0 unspecified atom stereocenters. The normalized spacial score (nSPS) is 11.2. The van der Waals surface area contributed by atoms with Crippen molar-refractivity contribution in [3.63, 3.8) is 0 Å². The molecule has 0 heterocycles. The molecule has 0 aliphatic rings. The van der Waals surface area contributed by atoms with Gasteiger partial charge < -0.3 is 5.11 Å². The van der Waals surface area contributed by atoms with Gasteiger partial charge in [-0.1, -0.05) is 18.2 Å². The fourth-order valence-electron chi connectivity index (χ4n) is 1.25. The van der Waals surface area contributed by atoms with Crippen LogP contribution in [0, 0.1) is 0 Å². The molecule has 0 bridgehead atoms. The molecule has 88 valence electrons. The predicted molar refractivity (Wildman–Crippen MR) is 52.5 cm³/mol. The number of para-hydroxylation sites is 1. The minimum Gasteiger partial charge on any atom is -0.465 e. The zero-order valence-electron chi connectivity index (χ0n) is 8.21.